The molecule has 1 aromatic rings. The van der Waals surface area contributed by atoms with Crippen LogP contribution in [0.4, 0.5) is 4.39 Å². The first-order valence-corrected chi connectivity index (χ1v) is 8.49. The van der Waals surface area contributed by atoms with Gasteiger partial charge in [0.1, 0.15) is 5.82 Å². The van der Waals surface area contributed by atoms with Crippen molar-refractivity contribution in [1.82, 2.24) is 5.32 Å². The zero-order valence-corrected chi connectivity index (χ0v) is 12.9. The van der Waals surface area contributed by atoms with Crippen molar-refractivity contribution in [3.63, 3.8) is 0 Å². The van der Waals surface area contributed by atoms with Crippen LogP contribution in [0.5, 0.6) is 0 Å². The summed E-state index contributed by atoms with van der Waals surface area (Å²) < 4.78 is 13.5. The Kier molecular flexibility index (Phi) is 6.17. The van der Waals surface area contributed by atoms with Crippen LogP contribution >= 0.6 is 23.4 Å². The molecule has 1 aromatic carbocycles. The highest BCUT2D eigenvalue weighted by atomic mass is 35.5. The third-order valence-corrected chi connectivity index (χ3v) is 4.69. The predicted octanol–water partition coefficient (Wildman–Crippen LogP) is 4.16. The minimum absolute atomic E-state index is 0.0521. The van der Waals surface area contributed by atoms with Gasteiger partial charge in [0.25, 0.3) is 0 Å². The number of nitrogens with one attached hydrogen (secondary N) is 1. The van der Waals surface area contributed by atoms with Gasteiger partial charge < -0.3 is 5.32 Å². The monoisotopic (exact) mass is 315 g/mol. The SMILES string of the molecule is O=C(CSCc1ccc(Cl)cc1F)NC1CCCCC1. The van der Waals surface area contributed by atoms with Gasteiger partial charge in [-0.1, -0.05) is 36.9 Å². The van der Waals surface area contributed by atoms with Gasteiger partial charge in [0.2, 0.25) is 5.91 Å². The minimum Gasteiger partial charge on any atom is -0.353 e. The number of halogens is 2. The molecule has 0 saturated heterocycles. The molecule has 1 saturated carbocycles. The number of benzene rings is 1. The zero-order chi connectivity index (χ0) is 14.4. The van der Waals surface area contributed by atoms with E-state index in [2.05, 4.69) is 5.32 Å². The summed E-state index contributed by atoms with van der Waals surface area (Å²) in [5.74, 6) is 0.605. The van der Waals surface area contributed by atoms with E-state index in [0.29, 0.717) is 28.1 Å². The second-order valence-corrected chi connectivity index (χ2v) is 6.55. The highest BCUT2D eigenvalue weighted by Gasteiger charge is 2.15. The molecule has 0 spiro atoms. The van der Waals surface area contributed by atoms with E-state index in [9.17, 15) is 9.18 Å². The maximum absolute atomic E-state index is 13.5. The lowest BCUT2D eigenvalue weighted by Crippen LogP contribution is -2.37. The summed E-state index contributed by atoms with van der Waals surface area (Å²) in [6.07, 6.45) is 5.85. The van der Waals surface area contributed by atoms with Crippen molar-refractivity contribution in [1.29, 1.82) is 0 Å². The first kappa shape index (κ1) is 15.6. The van der Waals surface area contributed by atoms with Crippen molar-refractivity contribution in [2.75, 3.05) is 5.75 Å². The average molecular weight is 316 g/mol. The molecule has 0 aliphatic heterocycles. The molecule has 5 heteroatoms. The third kappa shape index (κ3) is 4.98. The molecule has 1 amide bonds. The number of hydrogen-bond acceptors (Lipinski definition) is 2. The molecule has 2 nitrogen and oxygen atoms in total. The van der Waals surface area contributed by atoms with Crippen LogP contribution < -0.4 is 5.32 Å². The van der Waals surface area contributed by atoms with E-state index < -0.39 is 0 Å². The molecule has 1 aliphatic carbocycles. The van der Waals surface area contributed by atoms with Gasteiger partial charge >= 0.3 is 0 Å². The molecule has 1 fully saturated rings. The Bertz CT molecular complexity index is 463. The van der Waals surface area contributed by atoms with Crippen molar-refractivity contribution in [2.45, 2.75) is 43.9 Å². The lowest BCUT2D eigenvalue weighted by molar-refractivity contribution is -0.119. The number of carbonyl (C=O) groups is 1. The molecule has 0 heterocycles. The standard InChI is InChI=1S/C15H19ClFNOS/c16-12-7-6-11(14(17)8-12)9-20-10-15(19)18-13-4-2-1-3-5-13/h6-8,13H,1-5,9-10H2,(H,18,19). The van der Waals surface area contributed by atoms with Gasteiger partial charge in [0.15, 0.2) is 0 Å². The smallest absolute Gasteiger partial charge is 0.230 e. The summed E-state index contributed by atoms with van der Waals surface area (Å²) in [5, 5.41) is 3.45. The molecule has 0 unspecified atom stereocenters. The van der Waals surface area contributed by atoms with E-state index in [4.69, 9.17) is 11.6 Å². The molecule has 0 radical (unpaired) electrons. The van der Waals surface area contributed by atoms with Crippen molar-refractivity contribution < 1.29 is 9.18 Å². The summed E-state index contributed by atoms with van der Waals surface area (Å²) in [5.41, 5.74) is 0.588. The molecule has 20 heavy (non-hydrogen) atoms. The van der Waals surface area contributed by atoms with Crippen molar-refractivity contribution in [3.8, 4) is 0 Å². The van der Waals surface area contributed by atoms with Gasteiger partial charge in [0, 0.05) is 16.8 Å². The Morgan fingerprint density at radius 2 is 2.10 bits per heavy atom. The van der Waals surface area contributed by atoms with Crippen LogP contribution in [0.3, 0.4) is 0 Å². The summed E-state index contributed by atoms with van der Waals surface area (Å²) in [7, 11) is 0. The van der Waals surface area contributed by atoms with E-state index in [0.717, 1.165) is 12.8 Å². The largest absolute Gasteiger partial charge is 0.353 e. The van der Waals surface area contributed by atoms with E-state index >= 15 is 0 Å². The minimum atomic E-state index is -0.308. The number of thioether (sulfide) groups is 1. The van der Waals surface area contributed by atoms with Crippen LogP contribution in [-0.4, -0.2) is 17.7 Å². The Morgan fingerprint density at radius 1 is 1.35 bits per heavy atom. The normalized spacial score (nSPS) is 16.1. The highest BCUT2D eigenvalue weighted by Crippen LogP contribution is 2.20. The van der Waals surface area contributed by atoms with Gasteiger partial charge in [-0.25, -0.2) is 4.39 Å². The fourth-order valence-electron chi connectivity index (χ4n) is 2.41. The molecule has 0 bridgehead atoms. The van der Waals surface area contributed by atoms with Crippen molar-refractivity contribution >= 4 is 29.3 Å². The number of carbonyl (C=O) groups excluding carboxylic acids is 1. The molecule has 110 valence electrons. The van der Waals surface area contributed by atoms with E-state index in [1.807, 2.05) is 0 Å². The van der Waals surface area contributed by atoms with Crippen LogP contribution in [0.1, 0.15) is 37.7 Å². The third-order valence-electron chi connectivity index (χ3n) is 3.48. The Morgan fingerprint density at radius 3 is 2.80 bits per heavy atom. The predicted molar refractivity (Wildman–Crippen MR) is 82.6 cm³/mol. The molecule has 1 N–H and O–H groups in total. The molecular weight excluding hydrogens is 297 g/mol. The van der Waals surface area contributed by atoms with Gasteiger partial charge in [-0.3, -0.25) is 4.79 Å². The second kappa shape index (κ2) is 7.89. The summed E-state index contributed by atoms with van der Waals surface area (Å²) in [6, 6.07) is 4.98. The molecule has 0 atom stereocenters. The van der Waals surface area contributed by atoms with Crippen molar-refractivity contribution in [2.24, 2.45) is 0 Å². The lowest BCUT2D eigenvalue weighted by atomic mass is 9.95. The Balaban J connectivity index is 1.70. The fourth-order valence-corrected chi connectivity index (χ4v) is 3.39. The molecule has 2 rings (SSSR count). The van der Waals surface area contributed by atoms with Crippen LogP contribution in [0.2, 0.25) is 5.02 Å². The summed E-state index contributed by atoms with van der Waals surface area (Å²) in [6.45, 7) is 0. The average Bonchev–Trinajstić information content (AvgIpc) is 2.42. The summed E-state index contributed by atoms with van der Waals surface area (Å²) in [4.78, 5) is 11.8. The van der Waals surface area contributed by atoms with E-state index in [1.165, 1.54) is 37.1 Å². The van der Waals surface area contributed by atoms with Gasteiger partial charge in [-0.15, -0.1) is 11.8 Å². The van der Waals surface area contributed by atoms with Crippen molar-refractivity contribution in [3.05, 3.63) is 34.6 Å². The van der Waals surface area contributed by atoms with E-state index in [-0.39, 0.29) is 11.7 Å². The molecule has 1 aliphatic rings. The maximum Gasteiger partial charge on any atom is 0.230 e. The number of rotatable bonds is 5. The molecular formula is C15H19ClFNOS. The fraction of sp³-hybridized carbons (Fsp3) is 0.533. The topological polar surface area (TPSA) is 29.1 Å². The van der Waals surface area contributed by atoms with Crippen LogP contribution in [0.25, 0.3) is 0 Å². The van der Waals surface area contributed by atoms with Gasteiger partial charge in [0.05, 0.1) is 5.75 Å². The van der Waals surface area contributed by atoms with Gasteiger partial charge in [-0.2, -0.15) is 0 Å². The first-order valence-electron chi connectivity index (χ1n) is 6.96. The van der Waals surface area contributed by atoms with Crippen LogP contribution in [0.15, 0.2) is 18.2 Å². The highest BCUT2D eigenvalue weighted by molar-refractivity contribution is 7.99. The lowest BCUT2D eigenvalue weighted by Gasteiger charge is -2.22. The Labute approximate surface area is 128 Å². The van der Waals surface area contributed by atoms with E-state index in [1.54, 1.807) is 12.1 Å². The number of hydrogen-bond donors (Lipinski definition) is 1. The van der Waals surface area contributed by atoms with Crippen LogP contribution in [-0.2, 0) is 10.5 Å². The zero-order valence-electron chi connectivity index (χ0n) is 11.3. The maximum atomic E-state index is 13.5. The quantitative estimate of drug-likeness (QED) is 0.884. The van der Waals surface area contributed by atoms with Gasteiger partial charge in [-0.05, 0) is 30.5 Å². The Hall–Kier alpha value is -0.740. The molecule has 0 aromatic heterocycles. The summed E-state index contributed by atoms with van der Waals surface area (Å²) >= 11 is 7.13. The number of amides is 1. The second-order valence-electron chi connectivity index (χ2n) is 5.13. The van der Waals surface area contributed by atoms with Crippen LogP contribution in [0, 0.1) is 5.82 Å². The first-order chi connectivity index (χ1) is 9.65.